The normalized spacial score (nSPS) is 18.2. The monoisotopic (exact) mass is 275 g/mol. The Balaban J connectivity index is 1.49. The van der Waals surface area contributed by atoms with Crippen molar-refractivity contribution in [2.24, 2.45) is 0 Å². The van der Waals surface area contributed by atoms with E-state index in [0.29, 0.717) is 0 Å². The van der Waals surface area contributed by atoms with Gasteiger partial charge in [-0.3, -0.25) is 0 Å². The largest absolute Gasteiger partial charge is 0.304 e. The standard InChI is InChI=1S/C15H21N3S/c1-17-9-11-18(12-10-17)8-4-7-15-16-13-5-2-3-6-14(13)19-15/h2-3,5-6H,4,7-12H2,1H3. The molecule has 1 saturated heterocycles. The molecule has 0 saturated carbocycles. The molecule has 102 valence electrons. The van der Waals surface area contributed by atoms with Crippen molar-refractivity contribution in [1.82, 2.24) is 14.8 Å². The lowest BCUT2D eigenvalue weighted by molar-refractivity contribution is 0.153. The summed E-state index contributed by atoms with van der Waals surface area (Å²) in [7, 11) is 2.21. The Labute approximate surface area is 118 Å². The minimum absolute atomic E-state index is 1.12. The Morgan fingerprint density at radius 1 is 1.16 bits per heavy atom. The first-order valence-electron chi connectivity index (χ1n) is 7.06. The Kier molecular flexibility index (Phi) is 4.11. The number of benzene rings is 1. The van der Waals surface area contributed by atoms with Gasteiger partial charge in [0.25, 0.3) is 0 Å². The predicted molar refractivity (Wildman–Crippen MR) is 81.9 cm³/mol. The Hall–Kier alpha value is -0.970. The smallest absolute Gasteiger partial charge is 0.0939 e. The maximum absolute atomic E-state index is 4.70. The third-order valence-corrected chi connectivity index (χ3v) is 4.90. The molecule has 0 bridgehead atoms. The van der Waals surface area contributed by atoms with Gasteiger partial charge >= 0.3 is 0 Å². The quantitative estimate of drug-likeness (QED) is 0.854. The first-order valence-corrected chi connectivity index (χ1v) is 7.88. The number of hydrogen-bond donors (Lipinski definition) is 0. The molecular formula is C15H21N3S. The van der Waals surface area contributed by atoms with Crippen molar-refractivity contribution in [3.63, 3.8) is 0 Å². The summed E-state index contributed by atoms with van der Waals surface area (Å²) in [4.78, 5) is 9.68. The Morgan fingerprint density at radius 3 is 2.74 bits per heavy atom. The molecule has 0 radical (unpaired) electrons. The average molecular weight is 275 g/mol. The summed E-state index contributed by atoms with van der Waals surface area (Å²) in [5.41, 5.74) is 1.15. The van der Waals surface area contributed by atoms with Gasteiger partial charge in [0.05, 0.1) is 15.2 Å². The molecule has 1 fully saturated rings. The summed E-state index contributed by atoms with van der Waals surface area (Å²) in [6, 6.07) is 8.43. The van der Waals surface area contributed by atoms with Gasteiger partial charge in [0.15, 0.2) is 0 Å². The van der Waals surface area contributed by atoms with Crippen molar-refractivity contribution < 1.29 is 0 Å². The van der Waals surface area contributed by atoms with Gasteiger partial charge in [-0.15, -0.1) is 11.3 Å². The minimum atomic E-state index is 1.12. The molecule has 4 heteroatoms. The second-order valence-corrected chi connectivity index (χ2v) is 6.44. The predicted octanol–water partition coefficient (Wildman–Crippen LogP) is 2.48. The van der Waals surface area contributed by atoms with Crippen LogP contribution in [-0.2, 0) is 6.42 Å². The molecule has 1 aromatic heterocycles. The highest BCUT2D eigenvalue weighted by molar-refractivity contribution is 7.18. The number of thiazole rings is 1. The van der Waals surface area contributed by atoms with E-state index < -0.39 is 0 Å². The molecule has 3 rings (SSSR count). The number of fused-ring (bicyclic) bond motifs is 1. The van der Waals surface area contributed by atoms with Gasteiger partial charge in [0.1, 0.15) is 0 Å². The second kappa shape index (κ2) is 5.99. The molecule has 19 heavy (non-hydrogen) atoms. The fourth-order valence-electron chi connectivity index (χ4n) is 2.55. The van der Waals surface area contributed by atoms with Crippen LogP contribution in [0.3, 0.4) is 0 Å². The highest BCUT2D eigenvalue weighted by Crippen LogP contribution is 2.22. The molecule has 0 spiro atoms. The van der Waals surface area contributed by atoms with E-state index in [4.69, 9.17) is 4.98 Å². The van der Waals surface area contributed by atoms with Crippen molar-refractivity contribution in [3.05, 3.63) is 29.3 Å². The minimum Gasteiger partial charge on any atom is -0.304 e. The number of rotatable bonds is 4. The maximum atomic E-state index is 4.70. The van der Waals surface area contributed by atoms with Crippen LogP contribution in [0.15, 0.2) is 24.3 Å². The van der Waals surface area contributed by atoms with E-state index in [2.05, 4.69) is 41.1 Å². The second-order valence-electron chi connectivity index (χ2n) is 5.32. The molecule has 1 aromatic carbocycles. The third kappa shape index (κ3) is 3.32. The van der Waals surface area contributed by atoms with Crippen molar-refractivity contribution in [1.29, 1.82) is 0 Å². The van der Waals surface area contributed by atoms with Crippen LogP contribution in [0.5, 0.6) is 0 Å². The number of likely N-dealkylation sites (N-methyl/N-ethyl adjacent to an activating group) is 1. The van der Waals surface area contributed by atoms with Gasteiger partial charge in [0.2, 0.25) is 0 Å². The van der Waals surface area contributed by atoms with E-state index in [1.807, 2.05) is 11.3 Å². The van der Waals surface area contributed by atoms with Crippen LogP contribution < -0.4 is 0 Å². The third-order valence-electron chi connectivity index (χ3n) is 3.80. The van der Waals surface area contributed by atoms with Crippen LogP contribution in [0.4, 0.5) is 0 Å². The molecular weight excluding hydrogens is 254 g/mol. The molecule has 0 atom stereocenters. The number of aromatic nitrogens is 1. The first-order chi connectivity index (χ1) is 9.31. The average Bonchev–Trinajstić information content (AvgIpc) is 2.83. The van der Waals surface area contributed by atoms with E-state index in [1.165, 1.54) is 48.9 Å². The molecule has 0 amide bonds. The van der Waals surface area contributed by atoms with Gasteiger partial charge in [-0.05, 0) is 32.1 Å². The van der Waals surface area contributed by atoms with E-state index in [-0.39, 0.29) is 0 Å². The number of para-hydroxylation sites is 1. The summed E-state index contributed by atoms with van der Waals surface area (Å²) in [5.74, 6) is 0. The van der Waals surface area contributed by atoms with Gasteiger partial charge in [-0.1, -0.05) is 12.1 Å². The van der Waals surface area contributed by atoms with Crippen molar-refractivity contribution in [2.75, 3.05) is 39.8 Å². The van der Waals surface area contributed by atoms with Crippen LogP contribution in [0.1, 0.15) is 11.4 Å². The van der Waals surface area contributed by atoms with Crippen molar-refractivity contribution in [3.8, 4) is 0 Å². The summed E-state index contributed by atoms with van der Waals surface area (Å²) >= 11 is 1.85. The first kappa shape index (κ1) is 13.0. The molecule has 3 nitrogen and oxygen atoms in total. The SMILES string of the molecule is CN1CCN(CCCc2nc3ccccc3s2)CC1. The number of aryl methyl sites for hydroxylation is 1. The lowest BCUT2D eigenvalue weighted by Gasteiger charge is -2.32. The molecule has 0 aliphatic carbocycles. The van der Waals surface area contributed by atoms with Gasteiger partial charge in [-0.25, -0.2) is 4.98 Å². The van der Waals surface area contributed by atoms with E-state index in [1.54, 1.807) is 0 Å². The molecule has 2 heterocycles. The van der Waals surface area contributed by atoms with Gasteiger partial charge < -0.3 is 9.80 Å². The van der Waals surface area contributed by atoms with Crippen LogP contribution >= 0.6 is 11.3 Å². The summed E-state index contributed by atoms with van der Waals surface area (Å²) < 4.78 is 1.32. The fourth-order valence-corrected chi connectivity index (χ4v) is 3.56. The zero-order valence-electron chi connectivity index (χ0n) is 11.5. The lowest BCUT2D eigenvalue weighted by atomic mass is 10.2. The van der Waals surface area contributed by atoms with Crippen LogP contribution in [0.25, 0.3) is 10.2 Å². The molecule has 2 aromatic rings. The number of nitrogens with zero attached hydrogens (tertiary/aromatic N) is 3. The Morgan fingerprint density at radius 2 is 1.95 bits per heavy atom. The number of piperazine rings is 1. The molecule has 1 aliphatic heterocycles. The van der Waals surface area contributed by atoms with Gasteiger partial charge in [-0.2, -0.15) is 0 Å². The fraction of sp³-hybridized carbons (Fsp3) is 0.533. The lowest BCUT2D eigenvalue weighted by Crippen LogP contribution is -2.44. The molecule has 0 unspecified atom stereocenters. The topological polar surface area (TPSA) is 19.4 Å². The Bertz CT molecular complexity index is 496. The molecule has 0 N–H and O–H groups in total. The zero-order valence-corrected chi connectivity index (χ0v) is 12.3. The maximum Gasteiger partial charge on any atom is 0.0939 e. The number of hydrogen-bond acceptors (Lipinski definition) is 4. The summed E-state index contributed by atoms with van der Waals surface area (Å²) in [6.45, 7) is 6.07. The van der Waals surface area contributed by atoms with Crippen molar-refractivity contribution in [2.45, 2.75) is 12.8 Å². The highest BCUT2D eigenvalue weighted by atomic mass is 32.1. The van der Waals surface area contributed by atoms with Crippen LogP contribution in [-0.4, -0.2) is 54.6 Å². The van der Waals surface area contributed by atoms with Gasteiger partial charge in [0, 0.05) is 32.6 Å². The zero-order chi connectivity index (χ0) is 13.1. The van der Waals surface area contributed by atoms with E-state index >= 15 is 0 Å². The van der Waals surface area contributed by atoms with Crippen molar-refractivity contribution >= 4 is 21.6 Å². The van der Waals surface area contributed by atoms with E-state index in [9.17, 15) is 0 Å². The highest BCUT2D eigenvalue weighted by Gasteiger charge is 2.13. The molecule has 1 aliphatic rings. The van der Waals surface area contributed by atoms with Crippen LogP contribution in [0.2, 0.25) is 0 Å². The van der Waals surface area contributed by atoms with E-state index in [0.717, 1.165) is 11.9 Å². The summed E-state index contributed by atoms with van der Waals surface area (Å²) in [6.07, 6.45) is 2.34. The summed E-state index contributed by atoms with van der Waals surface area (Å²) in [5, 5.41) is 1.29. The van der Waals surface area contributed by atoms with Crippen LogP contribution in [0, 0.1) is 0 Å².